The van der Waals surface area contributed by atoms with Crippen molar-refractivity contribution in [2.24, 2.45) is 0 Å². The van der Waals surface area contributed by atoms with Crippen LogP contribution in [0, 0.1) is 0 Å². The number of thiocarbonyl (C=S) groups is 1. The molecule has 0 saturated carbocycles. The van der Waals surface area contributed by atoms with Crippen LogP contribution in [0.5, 0.6) is 0 Å². The Labute approximate surface area is 84.2 Å². The van der Waals surface area contributed by atoms with Crippen molar-refractivity contribution in [3.05, 3.63) is 11.0 Å². The van der Waals surface area contributed by atoms with E-state index in [-0.39, 0.29) is 0 Å². The predicted octanol–water partition coefficient (Wildman–Crippen LogP) is 3.68. The Bertz CT molecular complexity index is 149. The van der Waals surface area contributed by atoms with Gasteiger partial charge in [-0.2, -0.15) is 12.6 Å². The highest BCUT2D eigenvalue weighted by Crippen LogP contribution is 2.20. The van der Waals surface area contributed by atoms with Gasteiger partial charge < -0.3 is 0 Å². The SMILES string of the molecule is CCC(=S)/C=C(/CC)SCS. The minimum atomic E-state index is 0.839. The molecule has 0 saturated heterocycles. The molecule has 0 heterocycles. The molecule has 0 atom stereocenters. The molecule has 0 unspecified atom stereocenters. The lowest BCUT2D eigenvalue weighted by Crippen LogP contribution is -1.86. The predicted molar refractivity (Wildman–Crippen MR) is 62.7 cm³/mol. The molecule has 0 aliphatic heterocycles. The lowest BCUT2D eigenvalue weighted by Gasteiger charge is -2.00. The van der Waals surface area contributed by atoms with E-state index in [1.807, 2.05) is 0 Å². The summed E-state index contributed by atoms with van der Waals surface area (Å²) in [6.07, 6.45) is 4.12. The molecule has 0 amide bonds. The van der Waals surface area contributed by atoms with E-state index in [4.69, 9.17) is 12.2 Å². The largest absolute Gasteiger partial charge is 0.168 e. The quantitative estimate of drug-likeness (QED) is 0.315. The lowest BCUT2D eigenvalue weighted by atomic mass is 10.3. The number of hydrogen-bond acceptors (Lipinski definition) is 3. The summed E-state index contributed by atoms with van der Waals surface area (Å²) < 4.78 is 0. The summed E-state index contributed by atoms with van der Waals surface area (Å²) in [5.74, 6) is 0. The molecule has 11 heavy (non-hydrogen) atoms. The topological polar surface area (TPSA) is 0 Å². The highest BCUT2D eigenvalue weighted by atomic mass is 32.2. The van der Waals surface area contributed by atoms with E-state index in [2.05, 4.69) is 32.6 Å². The molecule has 0 aromatic rings. The zero-order chi connectivity index (χ0) is 8.69. The Balaban J connectivity index is 3.99. The molecule has 0 radical (unpaired) electrons. The Kier molecular flexibility index (Phi) is 7.54. The van der Waals surface area contributed by atoms with E-state index >= 15 is 0 Å². The van der Waals surface area contributed by atoms with E-state index < -0.39 is 0 Å². The van der Waals surface area contributed by atoms with Crippen LogP contribution >= 0.6 is 36.6 Å². The summed E-state index contributed by atoms with van der Waals surface area (Å²) in [5.41, 5.74) is 0. The maximum Gasteiger partial charge on any atom is 0.0406 e. The molecule has 0 rings (SSSR count). The van der Waals surface area contributed by atoms with Crippen LogP contribution in [-0.2, 0) is 0 Å². The van der Waals surface area contributed by atoms with Gasteiger partial charge in [0.05, 0.1) is 0 Å². The summed E-state index contributed by atoms with van der Waals surface area (Å²) in [6.45, 7) is 4.22. The fourth-order valence-electron chi connectivity index (χ4n) is 0.610. The molecular formula is C8H14S3. The summed E-state index contributed by atoms with van der Waals surface area (Å²) in [4.78, 5) is 2.38. The molecule has 0 aliphatic carbocycles. The third-order valence-corrected chi connectivity index (χ3v) is 2.97. The van der Waals surface area contributed by atoms with Crippen LogP contribution in [0.4, 0.5) is 0 Å². The second-order valence-electron chi connectivity index (χ2n) is 2.06. The zero-order valence-electron chi connectivity index (χ0n) is 6.96. The van der Waals surface area contributed by atoms with Gasteiger partial charge in [-0.1, -0.05) is 26.1 Å². The van der Waals surface area contributed by atoms with Crippen LogP contribution in [0.1, 0.15) is 26.7 Å². The maximum atomic E-state index is 5.10. The second kappa shape index (κ2) is 7.19. The average molecular weight is 206 g/mol. The van der Waals surface area contributed by atoms with E-state index in [1.165, 1.54) is 4.91 Å². The normalized spacial score (nSPS) is 11.7. The Morgan fingerprint density at radius 1 is 1.45 bits per heavy atom. The number of thioether (sulfide) groups is 1. The van der Waals surface area contributed by atoms with Crippen LogP contribution < -0.4 is 0 Å². The number of hydrogen-bond donors (Lipinski definition) is 1. The molecule has 0 aromatic carbocycles. The van der Waals surface area contributed by atoms with Crippen molar-refractivity contribution in [1.29, 1.82) is 0 Å². The molecule has 0 fully saturated rings. The first-order valence-corrected chi connectivity index (χ1v) is 5.74. The van der Waals surface area contributed by atoms with Gasteiger partial charge in [-0.05, 0) is 23.8 Å². The molecular weight excluding hydrogens is 192 g/mol. The lowest BCUT2D eigenvalue weighted by molar-refractivity contribution is 1.20. The van der Waals surface area contributed by atoms with Crippen LogP contribution in [0.25, 0.3) is 0 Å². The third kappa shape index (κ3) is 5.76. The van der Waals surface area contributed by atoms with Crippen LogP contribution in [-0.4, -0.2) is 9.95 Å². The first kappa shape index (κ1) is 11.5. The van der Waals surface area contributed by atoms with Crippen molar-refractivity contribution in [3.63, 3.8) is 0 Å². The highest BCUT2D eigenvalue weighted by Gasteiger charge is 1.94. The van der Waals surface area contributed by atoms with E-state index in [1.54, 1.807) is 11.8 Å². The van der Waals surface area contributed by atoms with Gasteiger partial charge in [-0.3, -0.25) is 0 Å². The van der Waals surface area contributed by atoms with Gasteiger partial charge >= 0.3 is 0 Å². The van der Waals surface area contributed by atoms with Gasteiger partial charge in [0.1, 0.15) is 0 Å². The van der Waals surface area contributed by atoms with Crippen molar-refractivity contribution in [2.45, 2.75) is 26.7 Å². The van der Waals surface area contributed by atoms with Crippen LogP contribution in [0.3, 0.4) is 0 Å². The standard InChI is InChI=1S/C8H14S3/c1-3-7(10)5-8(4-2)11-6-9/h5,9H,3-4,6H2,1-2H3/b8-5-. The molecule has 0 aliphatic rings. The van der Waals surface area contributed by atoms with Crippen LogP contribution in [0.15, 0.2) is 11.0 Å². The Morgan fingerprint density at radius 2 is 2.09 bits per heavy atom. The molecule has 0 nitrogen and oxygen atoms in total. The van der Waals surface area contributed by atoms with Crippen molar-refractivity contribution >= 4 is 41.5 Å². The Hall–Kier alpha value is 0.530. The zero-order valence-corrected chi connectivity index (χ0v) is 9.49. The molecule has 0 spiro atoms. The van der Waals surface area contributed by atoms with Crippen LogP contribution in [0.2, 0.25) is 0 Å². The minimum Gasteiger partial charge on any atom is -0.168 e. The third-order valence-electron chi connectivity index (χ3n) is 1.27. The second-order valence-corrected chi connectivity index (χ2v) is 4.43. The van der Waals surface area contributed by atoms with Crippen molar-refractivity contribution in [1.82, 2.24) is 0 Å². The smallest absolute Gasteiger partial charge is 0.0406 e. The maximum absolute atomic E-state index is 5.10. The summed E-state index contributed by atoms with van der Waals surface area (Å²) >= 11 is 11.0. The van der Waals surface area contributed by atoms with Crippen molar-refractivity contribution in [2.75, 3.05) is 5.08 Å². The van der Waals surface area contributed by atoms with E-state index in [0.29, 0.717) is 0 Å². The molecule has 0 N–H and O–H groups in total. The fourth-order valence-corrected chi connectivity index (χ4v) is 1.92. The summed E-state index contributed by atoms with van der Waals surface area (Å²) in [6, 6.07) is 0. The monoisotopic (exact) mass is 206 g/mol. The van der Waals surface area contributed by atoms with Crippen molar-refractivity contribution in [3.8, 4) is 0 Å². The first-order chi connectivity index (χ1) is 5.24. The van der Waals surface area contributed by atoms with Gasteiger partial charge in [0.15, 0.2) is 0 Å². The van der Waals surface area contributed by atoms with E-state index in [0.717, 1.165) is 22.8 Å². The van der Waals surface area contributed by atoms with Gasteiger partial charge in [-0.15, -0.1) is 11.8 Å². The number of thiol groups is 1. The summed E-state index contributed by atoms with van der Waals surface area (Å²) in [5, 5.41) is 0.839. The van der Waals surface area contributed by atoms with Crippen molar-refractivity contribution < 1.29 is 0 Å². The average Bonchev–Trinajstić information content (AvgIpc) is 2.03. The molecule has 64 valence electrons. The molecule has 0 bridgehead atoms. The number of allylic oxidation sites excluding steroid dienone is 2. The van der Waals surface area contributed by atoms with Gasteiger partial charge in [-0.25, -0.2) is 0 Å². The Morgan fingerprint density at radius 3 is 2.45 bits per heavy atom. The molecule has 3 heteroatoms. The summed E-state index contributed by atoms with van der Waals surface area (Å²) in [7, 11) is 0. The fraction of sp³-hybridized carbons (Fsp3) is 0.625. The highest BCUT2D eigenvalue weighted by molar-refractivity contribution is 8.12. The van der Waals surface area contributed by atoms with Gasteiger partial charge in [0.2, 0.25) is 0 Å². The minimum absolute atomic E-state index is 0.839. The number of rotatable bonds is 5. The molecule has 0 aromatic heterocycles. The first-order valence-electron chi connectivity index (χ1n) is 3.71. The van der Waals surface area contributed by atoms with Gasteiger partial charge in [0, 0.05) is 9.95 Å². The van der Waals surface area contributed by atoms with Gasteiger partial charge in [0.25, 0.3) is 0 Å². The van der Waals surface area contributed by atoms with E-state index in [9.17, 15) is 0 Å².